The van der Waals surface area contributed by atoms with E-state index in [0.717, 1.165) is 0 Å². The van der Waals surface area contributed by atoms with E-state index in [1.54, 1.807) is 36.5 Å². The van der Waals surface area contributed by atoms with Crippen molar-refractivity contribution in [3.63, 3.8) is 0 Å². The number of amides is 1. The average Bonchev–Trinajstić information content (AvgIpc) is 2.60. The second-order valence-corrected chi connectivity index (χ2v) is 7.25. The lowest BCUT2D eigenvalue weighted by Gasteiger charge is -2.27. The van der Waals surface area contributed by atoms with Crippen LogP contribution in [-0.4, -0.2) is 35.1 Å². The van der Waals surface area contributed by atoms with Gasteiger partial charge in [0.2, 0.25) is 3.79 Å². The van der Waals surface area contributed by atoms with Gasteiger partial charge >= 0.3 is 0 Å². The third-order valence-corrected chi connectivity index (χ3v) is 3.86. The molecule has 0 spiro atoms. The fourth-order valence-electron chi connectivity index (χ4n) is 1.99. The van der Waals surface area contributed by atoms with Crippen LogP contribution in [0.1, 0.15) is 10.4 Å². The van der Waals surface area contributed by atoms with Crippen molar-refractivity contribution >= 4 is 46.5 Å². The summed E-state index contributed by atoms with van der Waals surface area (Å²) >= 11 is 17.9. The molecule has 2 N–H and O–H groups in total. The number of methoxy groups -OCH3 is 2. The summed E-state index contributed by atoms with van der Waals surface area (Å²) in [7, 11) is 2.99. The highest BCUT2D eigenvalue weighted by Crippen LogP contribution is 2.31. The summed E-state index contributed by atoms with van der Waals surface area (Å²) in [6, 6.07) is 9.92. The van der Waals surface area contributed by atoms with Gasteiger partial charge in [-0.05, 0) is 30.3 Å². The first kappa shape index (κ1) is 19.4. The van der Waals surface area contributed by atoms with Crippen LogP contribution in [0.5, 0.6) is 11.5 Å². The van der Waals surface area contributed by atoms with Gasteiger partial charge in [0.25, 0.3) is 5.91 Å². The molecule has 0 saturated heterocycles. The zero-order valence-corrected chi connectivity index (χ0v) is 15.7. The van der Waals surface area contributed by atoms with Crippen LogP contribution in [0.2, 0.25) is 0 Å². The molecule has 0 radical (unpaired) electrons. The predicted molar refractivity (Wildman–Crippen MR) is 98.9 cm³/mol. The summed E-state index contributed by atoms with van der Waals surface area (Å²) in [5, 5.41) is 5.50. The van der Waals surface area contributed by atoms with Crippen LogP contribution in [-0.2, 0) is 0 Å². The van der Waals surface area contributed by atoms with Crippen LogP contribution in [0, 0.1) is 0 Å². The molecule has 0 fully saturated rings. The molecular weight excluding hydrogens is 389 g/mol. The molecule has 134 valence electrons. The van der Waals surface area contributed by atoms with Gasteiger partial charge in [-0.15, -0.1) is 0 Å². The van der Waals surface area contributed by atoms with E-state index in [0.29, 0.717) is 22.9 Å². The van der Waals surface area contributed by atoms with Crippen molar-refractivity contribution < 1.29 is 14.3 Å². The number of nitrogens with zero attached hydrogens (tertiary/aromatic N) is 1. The minimum Gasteiger partial charge on any atom is -0.493 e. The fraction of sp³-hybridized carbons (Fsp3) is 0.250. The second kappa shape index (κ2) is 8.47. The number of hydrogen-bond donors (Lipinski definition) is 2. The number of anilines is 1. The molecule has 2 rings (SSSR count). The summed E-state index contributed by atoms with van der Waals surface area (Å²) in [6.45, 7) is 0. The first-order chi connectivity index (χ1) is 11.8. The lowest BCUT2D eigenvalue weighted by Crippen LogP contribution is -2.49. The minimum absolute atomic E-state index is 0.319. The number of benzene rings is 1. The topological polar surface area (TPSA) is 72.5 Å². The van der Waals surface area contributed by atoms with E-state index >= 15 is 0 Å². The number of aromatic nitrogens is 1. The maximum atomic E-state index is 12.5. The number of carbonyl (C=O) groups is 1. The van der Waals surface area contributed by atoms with E-state index in [1.807, 2.05) is 0 Å². The molecule has 0 aliphatic rings. The molecule has 25 heavy (non-hydrogen) atoms. The van der Waals surface area contributed by atoms with Crippen molar-refractivity contribution in [1.82, 2.24) is 10.3 Å². The molecule has 1 atom stereocenters. The Kier molecular flexibility index (Phi) is 6.58. The van der Waals surface area contributed by atoms with Gasteiger partial charge in [-0.1, -0.05) is 40.9 Å². The maximum absolute atomic E-state index is 12.5. The number of ether oxygens (including phenoxy) is 2. The lowest BCUT2D eigenvalue weighted by molar-refractivity contribution is 0.0941. The van der Waals surface area contributed by atoms with Gasteiger partial charge in [-0.25, -0.2) is 4.98 Å². The van der Waals surface area contributed by atoms with Crippen LogP contribution in [0.25, 0.3) is 0 Å². The van der Waals surface area contributed by atoms with Crippen molar-refractivity contribution in [3.8, 4) is 11.5 Å². The Labute approximate surface area is 160 Å². The van der Waals surface area contributed by atoms with Crippen LogP contribution in [0.3, 0.4) is 0 Å². The highest BCUT2D eigenvalue weighted by atomic mass is 35.6. The summed E-state index contributed by atoms with van der Waals surface area (Å²) in [5.41, 5.74) is 0.319. The zero-order valence-electron chi connectivity index (χ0n) is 13.4. The number of rotatable bonds is 6. The third-order valence-electron chi connectivity index (χ3n) is 3.21. The standard InChI is InChI=1S/C16H16Cl3N3O3/c1-24-11-7-6-10(9-12(11)25-2)14(23)22-15(16(17,18)19)21-13-5-3-4-8-20-13/h3-9,15H,1-2H3,(H,20,21)(H,22,23)/t15-/m1/s1. The Bertz CT molecular complexity index is 724. The van der Waals surface area contributed by atoms with E-state index in [9.17, 15) is 4.79 Å². The van der Waals surface area contributed by atoms with E-state index in [4.69, 9.17) is 44.3 Å². The Morgan fingerprint density at radius 3 is 2.40 bits per heavy atom. The molecule has 0 aliphatic heterocycles. The van der Waals surface area contributed by atoms with Crippen LogP contribution >= 0.6 is 34.8 Å². The molecular formula is C16H16Cl3N3O3. The van der Waals surface area contributed by atoms with Crippen LogP contribution < -0.4 is 20.1 Å². The van der Waals surface area contributed by atoms with Crippen LogP contribution in [0.15, 0.2) is 42.6 Å². The number of halogens is 3. The van der Waals surface area contributed by atoms with Gasteiger partial charge in [-0.2, -0.15) is 0 Å². The Morgan fingerprint density at radius 2 is 1.84 bits per heavy atom. The van der Waals surface area contributed by atoms with Crippen molar-refractivity contribution in [3.05, 3.63) is 48.2 Å². The lowest BCUT2D eigenvalue weighted by atomic mass is 10.2. The monoisotopic (exact) mass is 403 g/mol. The molecule has 1 heterocycles. The molecule has 0 unspecified atom stereocenters. The normalized spacial score (nSPS) is 12.2. The Morgan fingerprint density at radius 1 is 1.12 bits per heavy atom. The zero-order chi connectivity index (χ0) is 18.4. The summed E-state index contributed by atoms with van der Waals surface area (Å²) in [6.07, 6.45) is 0.571. The molecule has 9 heteroatoms. The van der Waals surface area contributed by atoms with Gasteiger partial charge in [0.05, 0.1) is 14.2 Å². The summed E-state index contributed by atoms with van der Waals surface area (Å²) < 4.78 is 8.53. The van der Waals surface area contributed by atoms with E-state index in [-0.39, 0.29) is 0 Å². The Hall–Kier alpha value is -1.89. The maximum Gasteiger partial charge on any atom is 0.253 e. The molecule has 0 bridgehead atoms. The number of pyridine rings is 1. The van der Waals surface area contributed by atoms with E-state index in [1.165, 1.54) is 20.3 Å². The molecule has 0 aliphatic carbocycles. The van der Waals surface area contributed by atoms with E-state index in [2.05, 4.69) is 15.6 Å². The third kappa shape index (κ3) is 5.29. The smallest absolute Gasteiger partial charge is 0.253 e. The van der Waals surface area contributed by atoms with Crippen molar-refractivity contribution in [1.29, 1.82) is 0 Å². The highest BCUT2D eigenvalue weighted by molar-refractivity contribution is 6.68. The summed E-state index contributed by atoms with van der Waals surface area (Å²) in [4.78, 5) is 16.6. The van der Waals surface area contributed by atoms with Gasteiger partial charge < -0.3 is 20.1 Å². The first-order valence-electron chi connectivity index (χ1n) is 7.12. The van der Waals surface area contributed by atoms with Gasteiger partial charge in [0.1, 0.15) is 12.0 Å². The van der Waals surface area contributed by atoms with Crippen molar-refractivity contribution in [2.75, 3.05) is 19.5 Å². The molecule has 2 aromatic rings. The SMILES string of the molecule is COc1ccc(C(=O)N[C@@H](Nc2ccccn2)C(Cl)(Cl)Cl)cc1OC. The average molecular weight is 405 g/mol. The predicted octanol–water partition coefficient (Wildman–Crippen LogP) is 3.64. The summed E-state index contributed by atoms with van der Waals surface area (Å²) in [5.74, 6) is 0.911. The molecule has 0 saturated carbocycles. The number of nitrogens with one attached hydrogen (secondary N) is 2. The minimum atomic E-state index is -1.80. The highest BCUT2D eigenvalue weighted by Gasteiger charge is 2.34. The molecule has 1 aromatic carbocycles. The number of alkyl halides is 3. The van der Waals surface area contributed by atoms with Gasteiger partial charge in [0.15, 0.2) is 11.5 Å². The fourth-order valence-corrected chi connectivity index (χ4v) is 2.31. The van der Waals surface area contributed by atoms with Gasteiger partial charge in [0, 0.05) is 11.8 Å². The molecule has 1 amide bonds. The second-order valence-electron chi connectivity index (χ2n) is 4.88. The van der Waals surface area contributed by atoms with Crippen molar-refractivity contribution in [2.45, 2.75) is 9.96 Å². The van der Waals surface area contributed by atoms with Gasteiger partial charge in [-0.3, -0.25) is 4.79 Å². The largest absolute Gasteiger partial charge is 0.493 e. The molecule has 6 nitrogen and oxygen atoms in total. The Balaban J connectivity index is 2.19. The molecule has 1 aromatic heterocycles. The number of hydrogen-bond acceptors (Lipinski definition) is 5. The van der Waals surface area contributed by atoms with Crippen LogP contribution in [0.4, 0.5) is 5.82 Å². The van der Waals surface area contributed by atoms with E-state index < -0.39 is 15.9 Å². The van der Waals surface area contributed by atoms with Crippen molar-refractivity contribution in [2.24, 2.45) is 0 Å². The number of carbonyl (C=O) groups excluding carboxylic acids is 1. The first-order valence-corrected chi connectivity index (χ1v) is 8.25. The quantitative estimate of drug-likeness (QED) is 0.568.